The fourth-order valence-electron chi connectivity index (χ4n) is 5.28. The van der Waals surface area contributed by atoms with E-state index in [2.05, 4.69) is 0 Å². The standard InChI is InChI=1S/C15H22N2O5/c1-7-3-11-9(5-13(7)16(19)20)10-6-14(17(21)22)8(2)4-12(10)15(11)18/h7-14H,3-6H2,1-2H3. The highest BCUT2D eigenvalue weighted by Gasteiger charge is 2.59. The molecule has 3 rings (SSSR count). The molecule has 3 aliphatic carbocycles. The smallest absolute Gasteiger partial charge is 0.216 e. The molecule has 0 aromatic carbocycles. The summed E-state index contributed by atoms with van der Waals surface area (Å²) in [4.78, 5) is 34.7. The van der Waals surface area contributed by atoms with E-state index in [0.717, 1.165) is 0 Å². The number of ketones is 1. The quantitative estimate of drug-likeness (QED) is 0.574. The molecule has 0 N–H and O–H groups in total. The molecule has 0 aromatic heterocycles. The van der Waals surface area contributed by atoms with Crippen molar-refractivity contribution in [3.8, 4) is 0 Å². The minimum atomic E-state index is -0.610. The summed E-state index contributed by atoms with van der Waals surface area (Å²) < 4.78 is 0. The third-order valence-corrected chi connectivity index (χ3v) is 6.45. The summed E-state index contributed by atoms with van der Waals surface area (Å²) in [5.74, 6) is -0.249. The number of carbonyl (C=O) groups is 1. The van der Waals surface area contributed by atoms with Gasteiger partial charge in [-0.25, -0.2) is 0 Å². The lowest BCUT2D eigenvalue weighted by Crippen LogP contribution is -2.42. The third kappa shape index (κ3) is 2.21. The monoisotopic (exact) mass is 310 g/mol. The van der Waals surface area contributed by atoms with Gasteiger partial charge in [-0.1, -0.05) is 13.8 Å². The lowest BCUT2D eigenvalue weighted by atomic mass is 9.67. The van der Waals surface area contributed by atoms with Gasteiger partial charge < -0.3 is 0 Å². The molecular formula is C15H22N2O5. The first-order valence-electron chi connectivity index (χ1n) is 8.12. The molecule has 0 spiro atoms. The molecule has 3 aliphatic rings. The summed E-state index contributed by atoms with van der Waals surface area (Å²) >= 11 is 0. The van der Waals surface area contributed by atoms with Crippen LogP contribution in [-0.4, -0.2) is 27.7 Å². The molecule has 3 fully saturated rings. The van der Waals surface area contributed by atoms with Gasteiger partial charge in [0.1, 0.15) is 5.78 Å². The molecular weight excluding hydrogens is 288 g/mol. The fourth-order valence-corrected chi connectivity index (χ4v) is 5.28. The molecule has 22 heavy (non-hydrogen) atoms. The largest absolute Gasteiger partial charge is 0.299 e. The molecule has 8 atom stereocenters. The number of rotatable bonds is 2. The van der Waals surface area contributed by atoms with Crippen molar-refractivity contribution in [3.63, 3.8) is 0 Å². The zero-order valence-corrected chi connectivity index (χ0v) is 12.9. The van der Waals surface area contributed by atoms with E-state index in [-0.39, 0.29) is 51.1 Å². The van der Waals surface area contributed by atoms with Crippen molar-refractivity contribution in [1.82, 2.24) is 0 Å². The zero-order chi connectivity index (χ0) is 16.2. The number of hydrogen-bond acceptors (Lipinski definition) is 5. The summed E-state index contributed by atoms with van der Waals surface area (Å²) in [5.41, 5.74) is 0. The second-order valence-corrected chi connectivity index (χ2v) is 7.55. The van der Waals surface area contributed by atoms with Crippen LogP contribution in [0.3, 0.4) is 0 Å². The lowest BCUT2D eigenvalue weighted by Gasteiger charge is -2.36. The molecule has 7 heteroatoms. The summed E-state index contributed by atoms with van der Waals surface area (Å²) in [6.07, 6.45) is 1.95. The average Bonchev–Trinajstić information content (AvgIpc) is 2.69. The summed E-state index contributed by atoms with van der Waals surface area (Å²) in [7, 11) is 0. The minimum Gasteiger partial charge on any atom is -0.299 e. The van der Waals surface area contributed by atoms with Gasteiger partial charge in [0.15, 0.2) is 0 Å². The first-order valence-corrected chi connectivity index (χ1v) is 8.12. The first kappa shape index (κ1) is 15.4. The highest BCUT2D eigenvalue weighted by atomic mass is 16.6. The molecule has 3 saturated carbocycles. The van der Waals surface area contributed by atoms with Gasteiger partial charge in [-0.15, -0.1) is 0 Å². The molecule has 122 valence electrons. The van der Waals surface area contributed by atoms with E-state index in [0.29, 0.717) is 25.7 Å². The van der Waals surface area contributed by atoms with Crippen molar-refractivity contribution in [2.24, 2.45) is 35.5 Å². The van der Waals surface area contributed by atoms with E-state index in [1.807, 2.05) is 13.8 Å². The lowest BCUT2D eigenvalue weighted by molar-refractivity contribution is -0.541. The van der Waals surface area contributed by atoms with Crippen LogP contribution in [0.25, 0.3) is 0 Å². The maximum absolute atomic E-state index is 12.7. The van der Waals surface area contributed by atoms with Crippen LogP contribution >= 0.6 is 0 Å². The normalized spacial score (nSPS) is 47.6. The summed E-state index contributed by atoms with van der Waals surface area (Å²) in [5, 5.41) is 22.5. The number of nitro groups is 2. The van der Waals surface area contributed by atoms with Crippen LogP contribution in [0.2, 0.25) is 0 Å². The Kier molecular flexibility index (Phi) is 3.69. The molecule has 0 heterocycles. The van der Waals surface area contributed by atoms with Crippen molar-refractivity contribution in [2.75, 3.05) is 0 Å². The van der Waals surface area contributed by atoms with E-state index >= 15 is 0 Å². The summed E-state index contributed by atoms with van der Waals surface area (Å²) in [6, 6.07) is -1.22. The van der Waals surface area contributed by atoms with E-state index < -0.39 is 12.1 Å². The molecule has 0 bridgehead atoms. The summed E-state index contributed by atoms with van der Waals surface area (Å²) in [6.45, 7) is 3.70. The van der Waals surface area contributed by atoms with E-state index in [4.69, 9.17) is 0 Å². The third-order valence-electron chi connectivity index (χ3n) is 6.45. The predicted molar refractivity (Wildman–Crippen MR) is 77.3 cm³/mol. The van der Waals surface area contributed by atoms with Gasteiger partial charge in [-0.05, 0) is 24.7 Å². The highest BCUT2D eigenvalue weighted by molar-refractivity contribution is 5.86. The van der Waals surface area contributed by atoms with E-state index in [1.54, 1.807) is 0 Å². The van der Waals surface area contributed by atoms with Crippen LogP contribution in [0.1, 0.15) is 39.5 Å². The Labute approximate surface area is 128 Å². The minimum absolute atomic E-state index is 0.0287. The van der Waals surface area contributed by atoms with Gasteiger partial charge in [0.25, 0.3) is 0 Å². The molecule has 0 aliphatic heterocycles. The van der Waals surface area contributed by atoms with Gasteiger partial charge >= 0.3 is 0 Å². The predicted octanol–water partition coefficient (Wildman–Crippen LogP) is 2.18. The second-order valence-electron chi connectivity index (χ2n) is 7.55. The Morgan fingerprint density at radius 3 is 1.50 bits per heavy atom. The van der Waals surface area contributed by atoms with Gasteiger partial charge in [0.05, 0.1) is 0 Å². The number of nitrogens with zero attached hydrogens (tertiary/aromatic N) is 2. The van der Waals surface area contributed by atoms with Crippen LogP contribution in [0.15, 0.2) is 0 Å². The Morgan fingerprint density at radius 1 is 0.818 bits per heavy atom. The van der Waals surface area contributed by atoms with Crippen molar-refractivity contribution < 1.29 is 14.6 Å². The second kappa shape index (κ2) is 5.28. The van der Waals surface area contributed by atoms with Crippen LogP contribution in [0.5, 0.6) is 0 Å². The van der Waals surface area contributed by atoms with Gasteiger partial charge in [-0.2, -0.15) is 0 Å². The Hall–Kier alpha value is -1.53. The fraction of sp³-hybridized carbons (Fsp3) is 0.933. The van der Waals surface area contributed by atoms with Crippen LogP contribution < -0.4 is 0 Å². The van der Waals surface area contributed by atoms with Crippen molar-refractivity contribution in [1.29, 1.82) is 0 Å². The van der Waals surface area contributed by atoms with Crippen LogP contribution in [0.4, 0.5) is 0 Å². The Morgan fingerprint density at radius 2 is 1.18 bits per heavy atom. The van der Waals surface area contributed by atoms with Crippen LogP contribution in [0, 0.1) is 55.7 Å². The number of hydrogen-bond donors (Lipinski definition) is 0. The Bertz CT molecular complexity index is 478. The van der Waals surface area contributed by atoms with Gasteiger partial charge in [0, 0.05) is 46.4 Å². The SMILES string of the molecule is CC1CC2C(=O)C3CC(C)C([N+](=O)[O-])CC3C2CC1[N+](=O)[O-]. The maximum Gasteiger partial charge on any atom is 0.216 e. The van der Waals surface area contributed by atoms with Gasteiger partial charge in [0.2, 0.25) is 12.1 Å². The van der Waals surface area contributed by atoms with Crippen molar-refractivity contribution >= 4 is 5.78 Å². The first-order chi connectivity index (χ1) is 10.3. The Balaban J connectivity index is 1.86. The van der Waals surface area contributed by atoms with E-state index in [1.165, 1.54) is 0 Å². The van der Waals surface area contributed by atoms with Crippen molar-refractivity contribution in [2.45, 2.75) is 51.6 Å². The molecule has 0 amide bonds. The molecule has 0 radical (unpaired) electrons. The topological polar surface area (TPSA) is 103 Å². The van der Waals surface area contributed by atoms with Crippen LogP contribution in [-0.2, 0) is 4.79 Å². The zero-order valence-electron chi connectivity index (χ0n) is 12.9. The maximum atomic E-state index is 12.7. The number of carbonyl (C=O) groups excluding carboxylic acids is 1. The number of fused-ring (bicyclic) bond motifs is 3. The average molecular weight is 310 g/mol. The molecule has 7 nitrogen and oxygen atoms in total. The molecule has 0 aromatic rings. The molecule has 0 saturated heterocycles. The van der Waals surface area contributed by atoms with E-state index in [9.17, 15) is 25.0 Å². The number of Topliss-reactive ketones (excluding diaryl/α,β-unsaturated/α-hetero) is 1. The molecule has 8 unspecified atom stereocenters. The van der Waals surface area contributed by atoms with Gasteiger partial charge in [-0.3, -0.25) is 25.0 Å². The van der Waals surface area contributed by atoms with Crippen molar-refractivity contribution in [3.05, 3.63) is 20.2 Å². The highest BCUT2D eigenvalue weighted by Crippen LogP contribution is 2.54.